The van der Waals surface area contributed by atoms with Gasteiger partial charge < -0.3 is 9.88 Å². The molecule has 160 valence electrons. The van der Waals surface area contributed by atoms with E-state index in [2.05, 4.69) is 14.9 Å². The number of rotatable bonds is 6. The van der Waals surface area contributed by atoms with Gasteiger partial charge in [-0.3, -0.25) is 24.6 Å². The summed E-state index contributed by atoms with van der Waals surface area (Å²) in [6.45, 7) is 3.25. The number of fused-ring (bicyclic) bond motifs is 1. The van der Waals surface area contributed by atoms with Crippen LogP contribution >= 0.6 is 0 Å². The van der Waals surface area contributed by atoms with Gasteiger partial charge in [-0.15, -0.1) is 0 Å². The Morgan fingerprint density at radius 1 is 1.10 bits per heavy atom. The molecule has 1 fully saturated rings. The minimum absolute atomic E-state index is 0.0332. The molecule has 1 saturated heterocycles. The topological polar surface area (TPSA) is 112 Å². The Bertz CT molecular complexity index is 1170. The molecule has 0 bridgehead atoms. The standard InChI is InChI=1S/C22H23N5O4/c28-21(9-8-20-23-19-7-2-1-6-18(19)22(29)24-20)26-12-10-25(11-13-26)15-16-4-3-5-17(14-16)27(30)31/h1-7,14H,8-13,15H2,(H,23,24,29). The van der Waals surface area contributed by atoms with Crippen LogP contribution in [0.4, 0.5) is 5.69 Å². The van der Waals surface area contributed by atoms with E-state index in [1.807, 2.05) is 17.0 Å². The van der Waals surface area contributed by atoms with E-state index in [0.29, 0.717) is 55.9 Å². The molecule has 0 saturated carbocycles. The molecule has 1 N–H and O–H groups in total. The Kier molecular flexibility index (Phi) is 6.03. The SMILES string of the molecule is O=C(CCc1nc2ccccc2c(=O)[nH]1)N1CCN(Cc2cccc([N+](=O)[O-])c2)CC1. The molecule has 2 heterocycles. The van der Waals surface area contributed by atoms with Gasteiger partial charge in [-0.25, -0.2) is 4.98 Å². The molecule has 3 aromatic rings. The summed E-state index contributed by atoms with van der Waals surface area (Å²) in [5.74, 6) is 0.548. The van der Waals surface area contributed by atoms with Crippen LogP contribution in [0.5, 0.6) is 0 Å². The first kappa shape index (κ1) is 20.7. The van der Waals surface area contributed by atoms with Gasteiger partial charge in [-0.05, 0) is 17.7 Å². The lowest BCUT2D eigenvalue weighted by molar-refractivity contribution is -0.384. The summed E-state index contributed by atoms with van der Waals surface area (Å²) in [4.78, 5) is 46.5. The van der Waals surface area contributed by atoms with Crippen LogP contribution in [0.25, 0.3) is 10.9 Å². The van der Waals surface area contributed by atoms with E-state index < -0.39 is 4.92 Å². The summed E-state index contributed by atoms with van der Waals surface area (Å²) in [5, 5.41) is 11.5. The zero-order valence-corrected chi connectivity index (χ0v) is 17.0. The second kappa shape index (κ2) is 9.05. The van der Waals surface area contributed by atoms with E-state index in [1.54, 1.807) is 30.3 Å². The number of carbonyl (C=O) groups excluding carboxylic acids is 1. The van der Waals surface area contributed by atoms with E-state index in [9.17, 15) is 19.7 Å². The van der Waals surface area contributed by atoms with Gasteiger partial charge in [0.1, 0.15) is 5.82 Å². The molecular weight excluding hydrogens is 398 g/mol. The number of aromatic amines is 1. The van der Waals surface area contributed by atoms with Crippen LogP contribution in [0.3, 0.4) is 0 Å². The lowest BCUT2D eigenvalue weighted by Gasteiger charge is -2.34. The van der Waals surface area contributed by atoms with Gasteiger partial charge in [0.05, 0.1) is 15.8 Å². The predicted molar refractivity (Wildman–Crippen MR) is 116 cm³/mol. The molecule has 1 aliphatic heterocycles. The second-order valence-corrected chi connectivity index (χ2v) is 7.61. The van der Waals surface area contributed by atoms with Gasteiger partial charge >= 0.3 is 0 Å². The maximum absolute atomic E-state index is 12.6. The molecule has 31 heavy (non-hydrogen) atoms. The lowest BCUT2D eigenvalue weighted by atomic mass is 10.1. The van der Waals surface area contributed by atoms with E-state index in [0.717, 1.165) is 5.56 Å². The Hall–Kier alpha value is -3.59. The Morgan fingerprint density at radius 2 is 1.87 bits per heavy atom. The smallest absolute Gasteiger partial charge is 0.269 e. The van der Waals surface area contributed by atoms with Crippen molar-refractivity contribution in [2.24, 2.45) is 0 Å². The van der Waals surface area contributed by atoms with Gasteiger partial charge in [0.15, 0.2) is 0 Å². The number of amides is 1. The molecule has 4 rings (SSSR count). The van der Waals surface area contributed by atoms with E-state index in [-0.39, 0.29) is 23.6 Å². The van der Waals surface area contributed by atoms with Crippen molar-refractivity contribution in [3.05, 3.63) is 80.4 Å². The molecule has 1 amide bonds. The molecule has 2 aromatic carbocycles. The second-order valence-electron chi connectivity index (χ2n) is 7.61. The maximum Gasteiger partial charge on any atom is 0.269 e. The number of non-ortho nitro benzene ring substituents is 1. The highest BCUT2D eigenvalue weighted by Gasteiger charge is 2.21. The number of nitro benzene ring substituents is 1. The number of hydrogen-bond donors (Lipinski definition) is 1. The molecule has 1 aliphatic rings. The average Bonchev–Trinajstić information content (AvgIpc) is 2.78. The van der Waals surface area contributed by atoms with Gasteiger partial charge in [-0.2, -0.15) is 0 Å². The number of hydrogen-bond acceptors (Lipinski definition) is 6. The van der Waals surface area contributed by atoms with E-state index in [4.69, 9.17) is 0 Å². The number of aryl methyl sites for hydroxylation is 1. The summed E-state index contributed by atoms with van der Waals surface area (Å²) in [6, 6.07) is 13.8. The fourth-order valence-electron chi connectivity index (χ4n) is 3.82. The third-order valence-electron chi connectivity index (χ3n) is 5.49. The van der Waals surface area contributed by atoms with Crippen molar-refractivity contribution in [3.63, 3.8) is 0 Å². The number of nitrogens with one attached hydrogen (secondary N) is 1. The molecule has 0 radical (unpaired) electrons. The summed E-state index contributed by atoms with van der Waals surface area (Å²) in [6.07, 6.45) is 0.666. The third-order valence-corrected chi connectivity index (χ3v) is 5.49. The molecule has 0 unspecified atom stereocenters. The van der Waals surface area contributed by atoms with Crippen molar-refractivity contribution in [1.82, 2.24) is 19.8 Å². The normalized spacial score (nSPS) is 14.6. The van der Waals surface area contributed by atoms with Crippen molar-refractivity contribution in [2.45, 2.75) is 19.4 Å². The number of benzene rings is 2. The van der Waals surface area contributed by atoms with E-state index in [1.165, 1.54) is 6.07 Å². The van der Waals surface area contributed by atoms with Crippen molar-refractivity contribution in [3.8, 4) is 0 Å². The summed E-state index contributed by atoms with van der Waals surface area (Å²) < 4.78 is 0. The number of para-hydroxylation sites is 1. The quantitative estimate of drug-likeness (QED) is 0.482. The van der Waals surface area contributed by atoms with Crippen LogP contribution in [0.15, 0.2) is 53.3 Å². The number of aromatic nitrogens is 2. The Balaban J connectivity index is 1.29. The molecule has 9 heteroatoms. The van der Waals surface area contributed by atoms with Crippen LogP contribution in [-0.4, -0.2) is 56.8 Å². The third kappa shape index (κ3) is 4.95. The van der Waals surface area contributed by atoms with Gasteiger partial charge in [-0.1, -0.05) is 24.3 Å². The molecule has 1 aromatic heterocycles. The molecule has 0 spiro atoms. The zero-order valence-electron chi connectivity index (χ0n) is 17.0. The number of piperazine rings is 1. The lowest BCUT2D eigenvalue weighted by Crippen LogP contribution is -2.48. The molecular formula is C22H23N5O4. The minimum Gasteiger partial charge on any atom is -0.340 e. The summed E-state index contributed by atoms with van der Waals surface area (Å²) >= 11 is 0. The monoisotopic (exact) mass is 421 g/mol. The zero-order chi connectivity index (χ0) is 21.8. The molecule has 0 aliphatic carbocycles. The van der Waals surface area contributed by atoms with Crippen molar-refractivity contribution < 1.29 is 9.72 Å². The van der Waals surface area contributed by atoms with Crippen molar-refractivity contribution in [1.29, 1.82) is 0 Å². The fraction of sp³-hybridized carbons (Fsp3) is 0.318. The highest BCUT2D eigenvalue weighted by atomic mass is 16.6. The van der Waals surface area contributed by atoms with Gasteiger partial charge in [0.25, 0.3) is 11.2 Å². The van der Waals surface area contributed by atoms with Crippen LogP contribution in [0.1, 0.15) is 17.8 Å². The van der Waals surface area contributed by atoms with Crippen LogP contribution in [-0.2, 0) is 17.8 Å². The first-order valence-electron chi connectivity index (χ1n) is 10.2. The van der Waals surface area contributed by atoms with Crippen molar-refractivity contribution in [2.75, 3.05) is 26.2 Å². The van der Waals surface area contributed by atoms with Gasteiger partial charge in [0, 0.05) is 57.7 Å². The highest BCUT2D eigenvalue weighted by molar-refractivity contribution is 5.78. The van der Waals surface area contributed by atoms with Gasteiger partial charge in [0.2, 0.25) is 5.91 Å². The maximum atomic E-state index is 12.6. The molecule has 0 atom stereocenters. The number of H-pyrrole nitrogens is 1. The average molecular weight is 421 g/mol. The van der Waals surface area contributed by atoms with Crippen molar-refractivity contribution >= 4 is 22.5 Å². The number of nitro groups is 1. The fourth-order valence-corrected chi connectivity index (χ4v) is 3.82. The van der Waals surface area contributed by atoms with Crippen LogP contribution in [0.2, 0.25) is 0 Å². The Morgan fingerprint density at radius 3 is 2.65 bits per heavy atom. The number of nitrogens with zero attached hydrogens (tertiary/aromatic N) is 4. The Labute approximate surface area is 178 Å². The van der Waals surface area contributed by atoms with E-state index >= 15 is 0 Å². The highest BCUT2D eigenvalue weighted by Crippen LogP contribution is 2.16. The first-order chi connectivity index (χ1) is 15.0. The summed E-state index contributed by atoms with van der Waals surface area (Å²) in [7, 11) is 0. The minimum atomic E-state index is -0.391. The summed E-state index contributed by atoms with van der Waals surface area (Å²) in [5.41, 5.74) is 1.42. The number of carbonyl (C=O) groups is 1. The molecule has 9 nitrogen and oxygen atoms in total. The predicted octanol–water partition coefficient (Wildman–Crippen LogP) is 2.11. The largest absolute Gasteiger partial charge is 0.340 e. The first-order valence-corrected chi connectivity index (χ1v) is 10.2. The van der Waals surface area contributed by atoms with Crippen LogP contribution < -0.4 is 5.56 Å². The van der Waals surface area contributed by atoms with Crippen LogP contribution in [0, 0.1) is 10.1 Å².